The summed E-state index contributed by atoms with van der Waals surface area (Å²) in [5.74, 6) is -0.148. The van der Waals surface area contributed by atoms with Gasteiger partial charge in [-0.3, -0.25) is 0 Å². The summed E-state index contributed by atoms with van der Waals surface area (Å²) in [6.07, 6.45) is 2.74. The van der Waals surface area contributed by atoms with Gasteiger partial charge in [0.1, 0.15) is 11.9 Å². The molecular formula is C10H9FO. The van der Waals surface area contributed by atoms with Gasteiger partial charge in [-0.05, 0) is 36.1 Å². The molecule has 62 valence electrons. The molecule has 0 N–H and O–H groups in total. The van der Waals surface area contributed by atoms with E-state index in [2.05, 4.69) is 0 Å². The molecule has 1 nitrogen and oxygen atoms in total. The molecule has 0 saturated carbocycles. The zero-order chi connectivity index (χ0) is 8.13. The SMILES string of the molecule is Fc1ccc2c(c1)[C@H]1O[C@@H]1CC2. The molecule has 0 amide bonds. The van der Waals surface area contributed by atoms with Gasteiger partial charge in [0, 0.05) is 0 Å². The second-order valence-corrected chi connectivity index (χ2v) is 3.48. The molecule has 0 unspecified atom stereocenters. The molecule has 2 aliphatic rings. The Morgan fingerprint density at radius 1 is 1.42 bits per heavy atom. The highest BCUT2D eigenvalue weighted by Crippen LogP contribution is 2.46. The summed E-state index contributed by atoms with van der Waals surface area (Å²) in [5.41, 5.74) is 2.33. The van der Waals surface area contributed by atoms with Gasteiger partial charge in [-0.25, -0.2) is 4.39 Å². The standard InChI is InChI=1S/C10H9FO/c11-7-3-1-6-2-4-9-10(12-9)8(6)5-7/h1,3,5,9-10H,2,4H2/t9-,10-/m1/s1. The van der Waals surface area contributed by atoms with Crippen molar-refractivity contribution in [1.82, 2.24) is 0 Å². The molecule has 0 radical (unpaired) electrons. The number of epoxide rings is 1. The third kappa shape index (κ3) is 0.815. The predicted molar refractivity (Wildman–Crippen MR) is 42.3 cm³/mol. The summed E-state index contributed by atoms with van der Waals surface area (Å²) in [7, 11) is 0. The maximum atomic E-state index is 12.8. The van der Waals surface area contributed by atoms with E-state index in [4.69, 9.17) is 4.74 Å². The van der Waals surface area contributed by atoms with Gasteiger partial charge in [0.2, 0.25) is 0 Å². The molecule has 1 aromatic carbocycles. The zero-order valence-corrected chi connectivity index (χ0v) is 6.59. The molecule has 0 aromatic heterocycles. The minimum absolute atomic E-state index is 0.148. The summed E-state index contributed by atoms with van der Waals surface area (Å²) >= 11 is 0. The van der Waals surface area contributed by atoms with E-state index in [1.807, 2.05) is 6.07 Å². The fraction of sp³-hybridized carbons (Fsp3) is 0.400. The van der Waals surface area contributed by atoms with Crippen LogP contribution in [-0.2, 0) is 11.2 Å². The lowest BCUT2D eigenvalue weighted by atomic mass is 9.92. The van der Waals surface area contributed by atoms with E-state index in [0.29, 0.717) is 6.10 Å². The van der Waals surface area contributed by atoms with Crippen LogP contribution >= 0.6 is 0 Å². The zero-order valence-electron chi connectivity index (χ0n) is 6.59. The van der Waals surface area contributed by atoms with Crippen LogP contribution in [0.1, 0.15) is 23.7 Å². The highest BCUT2D eigenvalue weighted by molar-refractivity contribution is 5.35. The molecule has 2 atom stereocenters. The van der Waals surface area contributed by atoms with Gasteiger partial charge in [-0.15, -0.1) is 0 Å². The third-order valence-electron chi connectivity index (χ3n) is 2.70. The van der Waals surface area contributed by atoms with Crippen molar-refractivity contribution < 1.29 is 9.13 Å². The smallest absolute Gasteiger partial charge is 0.123 e. The lowest BCUT2D eigenvalue weighted by molar-refractivity contribution is 0.372. The first-order valence-corrected chi connectivity index (χ1v) is 4.28. The molecule has 0 bridgehead atoms. The van der Waals surface area contributed by atoms with Crippen molar-refractivity contribution in [3.8, 4) is 0 Å². The highest BCUT2D eigenvalue weighted by Gasteiger charge is 2.43. The van der Waals surface area contributed by atoms with Gasteiger partial charge in [-0.2, -0.15) is 0 Å². The molecular weight excluding hydrogens is 155 g/mol. The van der Waals surface area contributed by atoms with Crippen LogP contribution in [0.4, 0.5) is 4.39 Å². The number of benzene rings is 1. The summed E-state index contributed by atoms with van der Waals surface area (Å²) < 4.78 is 18.2. The number of halogens is 1. The number of aryl methyl sites for hydroxylation is 1. The van der Waals surface area contributed by atoms with Crippen molar-refractivity contribution >= 4 is 0 Å². The number of hydrogen-bond donors (Lipinski definition) is 0. The number of ether oxygens (including phenoxy) is 1. The fourth-order valence-electron chi connectivity index (χ4n) is 1.99. The second kappa shape index (κ2) is 2.07. The molecule has 1 aliphatic carbocycles. The van der Waals surface area contributed by atoms with Crippen LogP contribution in [0.5, 0.6) is 0 Å². The van der Waals surface area contributed by atoms with E-state index in [-0.39, 0.29) is 11.9 Å². The summed E-state index contributed by atoms with van der Waals surface area (Å²) in [5, 5.41) is 0. The minimum Gasteiger partial charge on any atom is -0.364 e. The first kappa shape index (κ1) is 6.61. The van der Waals surface area contributed by atoms with Gasteiger partial charge in [-0.1, -0.05) is 6.07 Å². The van der Waals surface area contributed by atoms with Gasteiger partial charge < -0.3 is 4.74 Å². The monoisotopic (exact) mass is 164 g/mol. The molecule has 1 heterocycles. The van der Waals surface area contributed by atoms with E-state index < -0.39 is 0 Å². The largest absolute Gasteiger partial charge is 0.364 e. The van der Waals surface area contributed by atoms with Crippen LogP contribution in [0.3, 0.4) is 0 Å². The molecule has 1 aromatic rings. The first-order valence-electron chi connectivity index (χ1n) is 4.28. The van der Waals surface area contributed by atoms with Crippen molar-refractivity contribution in [2.24, 2.45) is 0 Å². The van der Waals surface area contributed by atoms with Crippen molar-refractivity contribution in [1.29, 1.82) is 0 Å². The average molecular weight is 164 g/mol. The van der Waals surface area contributed by atoms with E-state index >= 15 is 0 Å². The summed E-state index contributed by atoms with van der Waals surface area (Å²) in [6, 6.07) is 5.02. The Bertz CT molecular complexity index is 335. The van der Waals surface area contributed by atoms with E-state index in [1.165, 1.54) is 11.6 Å². The summed E-state index contributed by atoms with van der Waals surface area (Å²) in [4.78, 5) is 0. The second-order valence-electron chi connectivity index (χ2n) is 3.48. The summed E-state index contributed by atoms with van der Waals surface area (Å²) in [6.45, 7) is 0. The van der Waals surface area contributed by atoms with Crippen LogP contribution in [0.2, 0.25) is 0 Å². The van der Waals surface area contributed by atoms with Crippen molar-refractivity contribution in [3.63, 3.8) is 0 Å². The third-order valence-corrected chi connectivity index (χ3v) is 2.70. The Hall–Kier alpha value is -0.890. The van der Waals surface area contributed by atoms with Crippen molar-refractivity contribution in [2.75, 3.05) is 0 Å². The van der Waals surface area contributed by atoms with Crippen molar-refractivity contribution in [2.45, 2.75) is 25.0 Å². The molecule has 0 spiro atoms. The van der Waals surface area contributed by atoms with Crippen LogP contribution in [-0.4, -0.2) is 6.10 Å². The Morgan fingerprint density at radius 2 is 2.33 bits per heavy atom. The molecule has 12 heavy (non-hydrogen) atoms. The van der Waals surface area contributed by atoms with Gasteiger partial charge in [0.15, 0.2) is 0 Å². The Kier molecular flexibility index (Phi) is 1.14. The van der Waals surface area contributed by atoms with Crippen molar-refractivity contribution in [3.05, 3.63) is 35.1 Å². The normalized spacial score (nSPS) is 30.8. The average Bonchev–Trinajstić information content (AvgIpc) is 2.82. The van der Waals surface area contributed by atoms with Gasteiger partial charge in [0.25, 0.3) is 0 Å². The minimum atomic E-state index is -0.148. The van der Waals surface area contributed by atoms with Gasteiger partial charge in [0.05, 0.1) is 6.10 Å². The van der Waals surface area contributed by atoms with Crippen LogP contribution < -0.4 is 0 Å². The lowest BCUT2D eigenvalue weighted by Crippen LogP contribution is -2.04. The lowest BCUT2D eigenvalue weighted by Gasteiger charge is -2.10. The molecule has 1 fully saturated rings. The Morgan fingerprint density at radius 3 is 3.25 bits per heavy atom. The highest BCUT2D eigenvalue weighted by atomic mass is 19.1. The number of fused-ring (bicyclic) bond motifs is 3. The quantitative estimate of drug-likeness (QED) is 0.535. The molecule has 1 saturated heterocycles. The number of hydrogen-bond acceptors (Lipinski definition) is 1. The topological polar surface area (TPSA) is 12.5 Å². The predicted octanol–water partition coefficient (Wildman–Crippen LogP) is 2.21. The first-order chi connectivity index (χ1) is 5.84. The maximum absolute atomic E-state index is 12.8. The molecule has 3 rings (SSSR count). The Balaban J connectivity index is 2.14. The van der Waals surface area contributed by atoms with Crippen LogP contribution in [0, 0.1) is 5.82 Å². The number of rotatable bonds is 0. The van der Waals surface area contributed by atoms with E-state index in [1.54, 1.807) is 6.07 Å². The molecule has 1 aliphatic heterocycles. The Labute approximate surface area is 70.2 Å². The maximum Gasteiger partial charge on any atom is 0.123 e. The van der Waals surface area contributed by atoms with Gasteiger partial charge >= 0.3 is 0 Å². The van der Waals surface area contributed by atoms with E-state index in [9.17, 15) is 4.39 Å². The van der Waals surface area contributed by atoms with Crippen LogP contribution in [0.25, 0.3) is 0 Å². The fourth-order valence-corrected chi connectivity index (χ4v) is 1.99. The molecule has 2 heteroatoms. The van der Waals surface area contributed by atoms with Crippen LogP contribution in [0.15, 0.2) is 18.2 Å². The van der Waals surface area contributed by atoms with E-state index in [0.717, 1.165) is 18.4 Å².